The summed E-state index contributed by atoms with van der Waals surface area (Å²) in [7, 11) is 1.78. The maximum Gasteiger partial charge on any atom is 0.317 e. The summed E-state index contributed by atoms with van der Waals surface area (Å²) < 4.78 is 1.04. The van der Waals surface area contributed by atoms with Gasteiger partial charge in [0.15, 0.2) is 0 Å². The van der Waals surface area contributed by atoms with Gasteiger partial charge in [-0.3, -0.25) is 0 Å². The van der Waals surface area contributed by atoms with Crippen molar-refractivity contribution >= 4 is 22.0 Å². The lowest BCUT2D eigenvalue weighted by molar-refractivity contribution is 0.208. The van der Waals surface area contributed by atoms with Crippen molar-refractivity contribution in [3.63, 3.8) is 0 Å². The summed E-state index contributed by atoms with van der Waals surface area (Å²) in [6.07, 6.45) is 0. The molecule has 1 aromatic rings. The fourth-order valence-electron chi connectivity index (χ4n) is 1.27. The van der Waals surface area contributed by atoms with E-state index in [1.807, 2.05) is 38.1 Å². The van der Waals surface area contributed by atoms with Crippen LogP contribution in [-0.2, 0) is 0 Å². The van der Waals surface area contributed by atoms with Crippen molar-refractivity contribution in [3.8, 4) is 0 Å². The van der Waals surface area contributed by atoms with Crippen molar-refractivity contribution in [2.45, 2.75) is 19.9 Å². The van der Waals surface area contributed by atoms with E-state index in [0.29, 0.717) is 6.54 Å². The van der Waals surface area contributed by atoms with Crippen LogP contribution in [-0.4, -0.2) is 24.5 Å². The SMILES string of the molecule is CCN(C)C(=O)NC(C)c1ccc(Br)cc1. The van der Waals surface area contributed by atoms with E-state index in [1.54, 1.807) is 11.9 Å². The number of nitrogens with one attached hydrogen (secondary N) is 1. The van der Waals surface area contributed by atoms with E-state index >= 15 is 0 Å². The molecule has 1 N–H and O–H groups in total. The van der Waals surface area contributed by atoms with Crippen molar-refractivity contribution in [2.75, 3.05) is 13.6 Å². The smallest absolute Gasteiger partial charge is 0.317 e. The second-order valence-corrected chi connectivity index (χ2v) is 4.65. The highest BCUT2D eigenvalue weighted by atomic mass is 79.9. The molecule has 1 atom stereocenters. The zero-order valence-corrected chi connectivity index (χ0v) is 11.4. The Morgan fingerprint density at radius 1 is 1.44 bits per heavy atom. The maximum absolute atomic E-state index is 11.6. The average molecular weight is 285 g/mol. The molecule has 88 valence electrons. The number of hydrogen-bond donors (Lipinski definition) is 1. The molecule has 2 amide bonds. The molecule has 1 aromatic carbocycles. The fourth-order valence-corrected chi connectivity index (χ4v) is 1.54. The molecule has 0 spiro atoms. The van der Waals surface area contributed by atoms with Crippen molar-refractivity contribution in [3.05, 3.63) is 34.3 Å². The molecule has 16 heavy (non-hydrogen) atoms. The normalized spacial score (nSPS) is 12.0. The van der Waals surface area contributed by atoms with Crippen LogP contribution in [0.4, 0.5) is 4.79 Å². The van der Waals surface area contributed by atoms with Gasteiger partial charge in [-0.1, -0.05) is 28.1 Å². The first kappa shape index (κ1) is 13.0. The number of halogens is 1. The Kier molecular flexibility index (Phi) is 4.80. The van der Waals surface area contributed by atoms with Crippen LogP contribution >= 0.6 is 15.9 Å². The van der Waals surface area contributed by atoms with E-state index in [1.165, 1.54) is 0 Å². The van der Waals surface area contributed by atoms with Crippen LogP contribution in [0.2, 0.25) is 0 Å². The van der Waals surface area contributed by atoms with Gasteiger partial charge in [0.1, 0.15) is 0 Å². The molecule has 0 saturated heterocycles. The number of benzene rings is 1. The minimum absolute atomic E-state index is 0.0228. The summed E-state index contributed by atoms with van der Waals surface area (Å²) in [4.78, 5) is 13.3. The predicted molar refractivity (Wildman–Crippen MR) is 69.4 cm³/mol. The van der Waals surface area contributed by atoms with Gasteiger partial charge in [-0.15, -0.1) is 0 Å². The molecule has 1 unspecified atom stereocenters. The van der Waals surface area contributed by atoms with Crippen LogP contribution < -0.4 is 5.32 Å². The van der Waals surface area contributed by atoms with E-state index < -0.39 is 0 Å². The lowest BCUT2D eigenvalue weighted by atomic mass is 10.1. The van der Waals surface area contributed by atoms with Gasteiger partial charge in [-0.05, 0) is 31.5 Å². The summed E-state index contributed by atoms with van der Waals surface area (Å²) in [5.41, 5.74) is 1.10. The van der Waals surface area contributed by atoms with Gasteiger partial charge in [-0.2, -0.15) is 0 Å². The van der Waals surface area contributed by atoms with E-state index in [9.17, 15) is 4.79 Å². The number of rotatable bonds is 3. The van der Waals surface area contributed by atoms with Gasteiger partial charge < -0.3 is 10.2 Å². The third kappa shape index (κ3) is 3.52. The van der Waals surface area contributed by atoms with Gasteiger partial charge >= 0.3 is 6.03 Å². The van der Waals surface area contributed by atoms with Crippen molar-refractivity contribution in [1.82, 2.24) is 10.2 Å². The minimum atomic E-state index is -0.0436. The summed E-state index contributed by atoms with van der Waals surface area (Å²) in [6.45, 7) is 4.63. The molecule has 0 heterocycles. The zero-order chi connectivity index (χ0) is 12.1. The van der Waals surface area contributed by atoms with Gasteiger partial charge in [0.2, 0.25) is 0 Å². The Hall–Kier alpha value is -1.03. The first-order valence-corrected chi connectivity index (χ1v) is 6.11. The number of carbonyl (C=O) groups excluding carboxylic acids is 1. The molecule has 0 aliphatic carbocycles. The highest BCUT2D eigenvalue weighted by Crippen LogP contribution is 2.16. The maximum atomic E-state index is 11.6. The third-order valence-corrected chi connectivity index (χ3v) is 3.06. The Labute approximate surface area is 105 Å². The quantitative estimate of drug-likeness (QED) is 0.909. The monoisotopic (exact) mass is 284 g/mol. The molecule has 0 radical (unpaired) electrons. The lowest BCUT2D eigenvalue weighted by Gasteiger charge is -2.20. The van der Waals surface area contributed by atoms with Crippen molar-refractivity contribution in [2.24, 2.45) is 0 Å². The molecule has 0 aromatic heterocycles. The summed E-state index contributed by atoms with van der Waals surface area (Å²) in [5, 5.41) is 2.94. The predicted octanol–water partition coefficient (Wildman–Crippen LogP) is 3.17. The highest BCUT2D eigenvalue weighted by Gasteiger charge is 2.11. The first-order chi connectivity index (χ1) is 7.54. The molecule has 3 nitrogen and oxygen atoms in total. The molecule has 1 rings (SSSR count). The van der Waals surface area contributed by atoms with Crippen molar-refractivity contribution in [1.29, 1.82) is 0 Å². The van der Waals surface area contributed by atoms with Crippen LogP contribution in [0.3, 0.4) is 0 Å². The van der Waals surface area contributed by atoms with E-state index in [0.717, 1.165) is 10.0 Å². The number of hydrogen-bond acceptors (Lipinski definition) is 1. The standard InChI is InChI=1S/C12H17BrN2O/c1-4-15(3)12(16)14-9(2)10-5-7-11(13)8-6-10/h5-9H,4H2,1-3H3,(H,14,16). The van der Waals surface area contributed by atoms with Crippen LogP contribution in [0.15, 0.2) is 28.7 Å². The third-order valence-electron chi connectivity index (χ3n) is 2.53. The molecular formula is C12H17BrN2O. The van der Waals surface area contributed by atoms with Gasteiger partial charge in [0, 0.05) is 18.1 Å². The Morgan fingerprint density at radius 3 is 2.50 bits per heavy atom. The minimum Gasteiger partial charge on any atom is -0.331 e. The van der Waals surface area contributed by atoms with Crippen LogP contribution in [0.5, 0.6) is 0 Å². The number of carbonyl (C=O) groups is 1. The van der Waals surface area contributed by atoms with E-state index in [-0.39, 0.29) is 12.1 Å². The van der Waals surface area contributed by atoms with Crippen LogP contribution in [0, 0.1) is 0 Å². The Morgan fingerprint density at radius 2 is 2.00 bits per heavy atom. The van der Waals surface area contributed by atoms with E-state index in [2.05, 4.69) is 21.2 Å². The van der Waals surface area contributed by atoms with Crippen LogP contribution in [0.25, 0.3) is 0 Å². The topological polar surface area (TPSA) is 32.3 Å². The average Bonchev–Trinajstić information content (AvgIpc) is 2.28. The molecule has 0 fully saturated rings. The van der Waals surface area contributed by atoms with Gasteiger partial charge in [0.25, 0.3) is 0 Å². The Balaban J connectivity index is 2.62. The summed E-state index contributed by atoms with van der Waals surface area (Å²) >= 11 is 3.38. The molecule has 0 aliphatic heterocycles. The molecule has 0 aliphatic rings. The molecule has 4 heteroatoms. The molecular weight excluding hydrogens is 268 g/mol. The number of nitrogens with zero attached hydrogens (tertiary/aromatic N) is 1. The lowest BCUT2D eigenvalue weighted by Crippen LogP contribution is -2.38. The van der Waals surface area contributed by atoms with E-state index in [4.69, 9.17) is 0 Å². The number of amides is 2. The van der Waals surface area contributed by atoms with Crippen LogP contribution in [0.1, 0.15) is 25.5 Å². The summed E-state index contributed by atoms with van der Waals surface area (Å²) in [5.74, 6) is 0. The highest BCUT2D eigenvalue weighted by molar-refractivity contribution is 9.10. The Bertz CT molecular complexity index is 351. The fraction of sp³-hybridized carbons (Fsp3) is 0.417. The largest absolute Gasteiger partial charge is 0.331 e. The molecule has 0 bridgehead atoms. The number of urea groups is 1. The molecule has 0 saturated carbocycles. The second-order valence-electron chi connectivity index (χ2n) is 3.74. The van der Waals surface area contributed by atoms with Crippen molar-refractivity contribution < 1.29 is 4.79 Å². The van der Waals surface area contributed by atoms with Gasteiger partial charge in [0.05, 0.1) is 6.04 Å². The second kappa shape index (κ2) is 5.89. The zero-order valence-electron chi connectivity index (χ0n) is 9.83. The van der Waals surface area contributed by atoms with Gasteiger partial charge in [-0.25, -0.2) is 4.79 Å². The first-order valence-electron chi connectivity index (χ1n) is 5.31. The summed E-state index contributed by atoms with van der Waals surface area (Å²) in [6, 6.07) is 7.93.